The van der Waals surface area contributed by atoms with Gasteiger partial charge in [-0.15, -0.1) is 0 Å². The molecule has 0 bridgehead atoms. The van der Waals surface area contributed by atoms with Gasteiger partial charge in [-0.05, 0) is 42.9 Å². The maximum atomic E-state index is 4.73. The lowest BCUT2D eigenvalue weighted by Crippen LogP contribution is -1.94. The normalized spacial score (nSPS) is 11.2. The quantitative estimate of drug-likeness (QED) is 0.141. The molecule has 0 fully saturated rings. The van der Waals surface area contributed by atoms with E-state index in [0.717, 1.165) is 35.5 Å². The minimum Gasteiger partial charge on any atom is -0.256 e. The first-order valence-corrected chi connectivity index (χ1v) is 15.7. The number of nitrogens with zero attached hydrogens (tertiary/aromatic N) is 3. The number of pyridine rings is 1. The molecule has 0 radical (unpaired) electrons. The summed E-state index contributed by atoms with van der Waals surface area (Å²) in [5, 5.41) is 0. The summed E-state index contributed by atoms with van der Waals surface area (Å²) in [5.74, 6) is 0.797. The third-order valence-electron chi connectivity index (χ3n) is 7.61. The van der Waals surface area contributed by atoms with Gasteiger partial charge < -0.3 is 0 Å². The minimum atomic E-state index is 0.797. The molecule has 0 atom stereocenters. The zero-order chi connectivity index (χ0) is 26.7. The molecule has 0 N–H and O–H groups in total. The molecule has 0 saturated heterocycles. The summed E-state index contributed by atoms with van der Waals surface area (Å²) in [6.45, 7) is 4.55. The Morgan fingerprint density at radius 3 is 1.37 bits per heavy atom. The van der Waals surface area contributed by atoms with E-state index < -0.39 is 0 Å². The SMILES string of the molecule is CCCCCCCCCCCc1cnc(-c2ccc(-c3ccc(CCCCCCCCC)cn3)cc2)nc1. The lowest BCUT2D eigenvalue weighted by atomic mass is 10.0. The fourth-order valence-electron chi connectivity index (χ4n) is 5.09. The van der Waals surface area contributed by atoms with Crippen molar-refractivity contribution in [3.63, 3.8) is 0 Å². The van der Waals surface area contributed by atoms with Gasteiger partial charge in [0.2, 0.25) is 0 Å². The molecule has 0 spiro atoms. The molecule has 0 unspecified atom stereocenters. The number of aryl methyl sites for hydroxylation is 2. The molecular weight excluding hydrogens is 462 g/mol. The average Bonchev–Trinajstić information content (AvgIpc) is 2.97. The Labute approximate surface area is 233 Å². The lowest BCUT2D eigenvalue weighted by Gasteiger charge is -2.06. The molecule has 0 aliphatic carbocycles. The van der Waals surface area contributed by atoms with E-state index in [-0.39, 0.29) is 0 Å². The van der Waals surface area contributed by atoms with Gasteiger partial charge in [-0.3, -0.25) is 4.98 Å². The highest BCUT2D eigenvalue weighted by atomic mass is 14.9. The van der Waals surface area contributed by atoms with Crippen LogP contribution in [0, 0.1) is 0 Å². The van der Waals surface area contributed by atoms with Gasteiger partial charge in [0.25, 0.3) is 0 Å². The van der Waals surface area contributed by atoms with Crippen molar-refractivity contribution in [2.45, 2.75) is 129 Å². The average molecular weight is 514 g/mol. The monoisotopic (exact) mass is 513 g/mol. The van der Waals surface area contributed by atoms with E-state index in [1.54, 1.807) is 0 Å². The Balaban J connectivity index is 1.37. The molecular formula is C35H51N3. The second kappa shape index (κ2) is 18.7. The molecule has 3 rings (SSSR count). The van der Waals surface area contributed by atoms with Gasteiger partial charge in [0.15, 0.2) is 5.82 Å². The number of rotatable bonds is 20. The first-order chi connectivity index (χ1) is 18.8. The van der Waals surface area contributed by atoms with Crippen LogP contribution in [0.5, 0.6) is 0 Å². The number of aromatic nitrogens is 3. The summed E-state index contributed by atoms with van der Waals surface area (Å²) < 4.78 is 0. The van der Waals surface area contributed by atoms with Gasteiger partial charge in [-0.25, -0.2) is 9.97 Å². The van der Waals surface area contributed by atoms with E-state index in [1.807, 2.05) is 12.4 Å². The van der Waals surface area contributed by atoms with E-state index in [2.05, 4.69) is 66.4 Å². The second-order valence-electron chi connectivity index (χ2n) is 11.0. The highest BCUT2D eigenvalue weighted by Gasteiger charge is 2.05. The summed E-state index contributed by atoms with van der Waals surface area (Å²) in [6, 6.07) is 12.9. The molecule has 0 aliphatic heterocycles. The fourth-order valence-corrected chi connectivity index (χ4v) is 5.09. The molecule has 3 nitrogen and oxygen atoms in total. The zero-order valence-electron chi connectivity index (χ0n) is 24.3. The van der Waals surface area contributed by atoms with Crippen LogP contribution in [0.4, 0.5) is 0 Å². The molecule has 3 aromatic rings. The second-order valence-corrected chi connectivity index (χ2v) is 11.0. The van der Waals surface area contributed by atoms with Crippen molar-refractivity contribution in [1.82, 2.24) is 15.0 Å². The van der Waals surface area contributed by atoms with Gasteiger partial charge in [0.1, 0.15) is 0 Å². The Morgan fingerprint density at radius 2 is 0.868 bits per heavy atom. The summed E-state index contributed by atoms with van der Waals surface area (Å²) >= 11 is 0. The van der Waals surface area contributed by atoms with E-state index >= 15 is 0 Å². The van der Waals surface area contributed by atoms with Crippen molar-refractivity contribution in [1.29, 1.82) is 0 Å². The van der Waals surface area contributed by atoms with Crippen molar-refractivity contribution >= 4 is 0 Å². The van der Waals surface area contributed by atoms with Crippen molar-refractivity contribution < 1.29 is 0 Å². The number of unbranched alkanes of at least 4 members (excludes halogenated alkanes) is 14. The summed E-state index contributed by atoms with van der Waals surface area (Å²) in [5.41, 5.74) is 5.80. The summed E-state index contributed by atoms with van der Waals surface area (Å²) in [6.07, 6.45) is 29.9. The molecule has 1 aromatic carbocycles. The highest BCUT2D eigenvalue weighted by Crippen LogP contribution is 2.22. The van der Waals surface area contributed by atoms with Crippen LogP contribution in [0.2, 0.25) is 0 Å². The third kappa shape index (κ3) is 11.5. The number of hydrogen-bond donors (Lipinski definition) is 0. The predicted molar refractivity (Wildman–Crippen MR) is 163 cm³/mol. The maximum absolute atomic E-state index is 4.73. The first kappa shape index (κ1) is 30.0. The minimum absolute atomic E-state index is 0.797. The Bertz CT molecular complexity index is 977. The van der Waals surface area contributed by atoms with Crippen LogP contribution < -0.4 is 0 Å². The van der Waals surface area contributed by atoms with Crippen molar-refractivity contribution in [3.05, 3.63) is 66.1 Å². The van der Waals surface area contributed by atoms with Crippen LogP contribution in [0.15, 0.2) is 55.0 Å². The van der Waals surface area contributed by atoms with E-state index in [0.29, 0.717) is 0 Å². The molecule has 206 valence electrons. The van der Waals surface area contributed by atoms with Gasteiger partial charge in [0, 0.05) is 29.7 Å². The molecule has 0 aliphatic rings. The van der Waals surface area contributed by atoms with Crippen LogP contribution in [0.25, 0.3) is 22.6 Å². The van der Waals surface area contributed by atoms with Crippen molar-refractivity contribution in [2.24, 2.45) is 0 Å². The van der Waals surface area contributed by atoms with Crippen molar-refractivity contribution in [3.8, 4) is 22.6 Å². The smallest absolute Gasteiger partial charge is 0.159 e. The van der Waals surface area contributed by atoms with E-state index in [9.17, 15) is 0 Å². The summed E-state index contributed by atoms with van der Waals surface area (Å²) in [7, 11) is 0. The van der Waals surface area contributed by atoms with Crippen LogP contribution >= 0.6 is 0 Å². The number of benzene rings is 1. The molecule has 2 aromatic heterocycles. The highest BCUT2D eigenvalue weighted by molar-refractivity contribution is 5.65. The number of hydrogen-bond acceptors (Lipinski definition) is 3. The van der Waals surface area contributed by atoms with E-state index in [1.165, 1.54) is 114 Å². The largest absolute Gasteiger partial charge is 0.256 e. The maximum Gasteiger partial charge on any atom is 0.159 e. The molecule has 2 heterocycles. The van der Waals surface area contributed by atoms with Crippen LogP contribution in [-0.2, 0) is 12.8 Å². The van der Waals surface area contributed by atoms with Gasteiger partial charge in [-0.1, -0.05) is 134 Å². The van der Waals surface area contributed by atoms with Gasteiger partial charge in [0.05, 0.1) is 5.69 Å². The Hall–Kier alpha value is -2.55. The van der Waals surface area contributed by atoms with Crippen molar-refractivity contribution in [2.75, 3.05) is 0 Å². The van der Waals surface area contributed by atoms with E-state index in [4.69, 9.17) is 4.98 Å². The summed E-state index contributed by atoms with van der Waals surface area (Å²) in [4.78, 5) is 14.0. The lowest BCUT2D eigenvalue weighted by molar-refractivity contribution is 0.564. The first-order valence-electron chi connectivity index (χ1n) is 15.7. The third-order valence-corrected chi connectivity index (χ3v) is 7.61. The standard InChI is InChI=1S/C35H51N3/c1-3-5-7-9-11-12-14-16-18-20-31-28-37-35(38-29-31)33-24-22-32(23-25-33)34-26-21-30(27-36-34)19-17-15-13-10-8-6-4-2/h21-29H,3-20H2,1-2H3. The van der Waals surface area contributed by atoms with Gasteiger partial charge >= 0.3 is 0 Å². The Kier molecular flexibility index (Phi) is 14.7. The molecule has 0 saturated carbocycles. The molecule has 38 heavy (non-hydrogen) atoms. The van der Waals surface area contributed by atoms with Crippen LogP contribution in [0.3, 0.4) is 0 Å². The zero-order valence-corrected chi connectivity index (χ0v) is 24.3. The fraction of sp³-hybridized carbons (Fsp3) is 0.571. The van der Waals surface area contributed by atoms with Gasteiger partial charge in [-0.2, -0.15) is 0 Å². The van der Waals surface area contributed by atoms with Crippen LogP contribution in [-0.4, -0.2) is 15.0 Å². The molecule has 3 heteroatoms. The topological polar surface area (TPSA) is 38.7 Å². The molecule has 0 amide bonds. The predicted octanol–water partition coefficient (Wildman–Crippen LogP) is 10.6. The Morgan fingerprint density at radius 1 is 0.421 bits per heavy atom. The van der Waals surface area contributed by atoms with Crippen LogP contribution in [0.1, 0.15) is 128 Å².